The van der Waals surface area contributed by atoms with Crippen LogP contribution in [0.1, 0.15) is 43.6 Å². The number of nitrogens with one attached hydrogen (secondary N) is 2. The lowest BCUT2D eigenvalue weighted by atomic mass is 9.92. The van der Waals surface area contributed by atoms with Gasteiger partial charge in [0, 0.05) is 47.7 Å². The predicted octanol–water partition coefficient (Wildman–Crippen LogP) is 3.38. The number of nitrogens with zero attached hydrogens (tertiary/aromatic N) is 1. The van der Waals surface area contributed by atoms with Gasteiger partial charge < -0.3 is 10.3 Å². The first-order valence-electron chi connectivity index (χ1n) is 9.07. The lowest BCUT2D eigenvalue weighted by Gasteiger charge is -2.29. The van der Waals surface area contributed by atoms with Crippen LogP contribution in [0.3, 0.4) is 0 Å². The van der Waals surface area contributed by atoms with E-state index >= 15 is 0 Å². The van der Waals surface area contributed by atoms with Crippen LogP contribution in [0.25, 0.3) is 10.9 Å². The lowest BCUT2D eigenvalue weighted by molar-refractivity contribution is 0.180. The molecule has 0 spiro atoms. The van der Waals surface area contributed by atoms with Gasteiger partial charge in [0.15, 0.2) is 0 Å². The summed E-state index contributed by atoms with van der Waals surface area (Å²) in [6, 6.07) is 7.17. The first-order chi connectivity index (χ1) is 11.3. The summed E-state index contributed by atoms with van der Waals surface area (Å²) in [4.78, 5) is 6.08. The molecule has 0 bridgehead atoms. The van der Waals surface area contributed by atoms with Crippen LogP contribution in [0.2, 0.25) is 0 Å². The van der Waals surface area contributed by atoms with Crippen molar-refractivity contribution in [3.8, 4) is 0 Å². The van der Waals surface area contributed by atoms with Gasteiger partial charge in [0.2, 0.25) is 0 Å². The van der Waals surface area contributed by atoms with Gasteiger partial charge in [-0.3, -0.25) is 4.90 Å². The fraction of sp³-hybridized carbons (Fsp3) is 0.579. The number of hydrogen-bond donors (Lipinski definition) is 2. The number of halogens is 1. The Morgan fingerprint density at radius 1 is 1.13 bits per heavy atom. The molecule has 2 aliphatic heterocycles. The molecule has 1 saturated carbocycles. The van der Waals surface area contributed by atoms with Crippen molar-refractivity contribution >= 4 is 10.9 Å². The van der Waals surface area contributed by atoms with Crippen molar-refractivity contribution in [1.82, 2.24) is 15.2 Å². The van der Waals surface area contributed by atoms with E-state index in [0.717, 1.165) is 24.6 Å². The van der Waals surface area contributed by atoms with Crippen molar-refractivity contribution in [2.45, 2.75) is 56.1 Å². The monoisotopic (exact) mass is 313 g/mol. The largest absolute Gasteiger partial charge is 0.361 e. The quantitative estimate of drug-likeness (QED) is 0.890. The summed E-state index contributed by atoms with van der Waals surface area (Å²) in [7, 11) is 0. The Morgan fingerprint density at radius 2 is 2.00 bits per heavy atom. The Balaban J connectivity index is 1.51. The third-order valence-corrected chi connectivity index (χ3v) is 6.37. The summed E-state index contributed by atoms with van der Waals surface area (Å²) in [5, 5.41) is 4.95. The van der Waals surface area contributed by atoms with Gasteiger partial charge in [0.05, 0.1) is 0 Å². The molecular weight excluding hydrogens is 289 g/mol. The molecule has 2 saturated heterocycles. The van der Waals surface area contributed by atoms with Crippen molar-refractivity contribution in [3.05, 3.63) is 35.8 Å². The van der Waals surface area contributed by atoms with Crippen LogP contribution < -0.4 is 5.32 Å². The Labute approximate surface area is 136 Å². The molecule has 3 unspecified atom stereocenters. The standard InChI is InChI=1S/C19H24FN3/c20-12-5-6-14-15(10-22-17(14)9-12)16-11-23(13-3-1-2-4-13)18-7-8-21-19(16)18/h5-6,9-10,13,16,18-19,21-22H,1-4,7-8,11H2. The zero-order valence-corrected chi connectivity index (χ0v) is 13.4. The normalized spacial score (nSPS) is 32.1. The highest BCUT2D eigenvalue weighted by atomic mass is 19.1. The Bertz CT molecular complexity index is 718. The third kappa shape index (κ3) is 2.15. The number of aromatic nitrogens is 1. The molecule has 1 aromatic carbocycles. The molecule has 23 heavy (non-hydrogen) atoms. The van der Waals surface area contributed by atoms with Gasteiger partial charge in [-0.15, -0.1) is 0 Å². The summed E-state index contributed by atoms with van der Waals surface area (Å²) in [5.41, 5.74) is 2.29. The minimum atomic E-state index is -0.165. The molecule has 2 N–H and O–H groups in total. The lowest BCUT2D eigenvalue weighted by Crippen LogP contribution is -2.40. The number of aromatic amines is 1. The van der Waals surface area contributed by atoms with Gasteiger partial charge in [-0.2, -0.15) is 0 Å². The molecule has 1 aromatic heterocycles. The molecule has 5 rings (SSSR count). The SMILES string of the molecule is Fc1ccc2c(C3CN(C4CCCC4)C4CCNC34)c[nH]c2c1. The first-order valence-corrected chi connectivity index (χ1v) is 9.07. The topological polar surface area (TPSA) is 31.1 Å². The second kappa shape index (κ2) is 5.32. The summed E-state index contributed by atoms with van der Waals surface area (Å²) < 4.78 is 13.5. The molecule has 3 aliphatic rings. The van der Waals surface area contributed by atoms with Crippen LogP contribution >= 0.6 is 0 Å². The first kappa shape index (κ1) is 14.0. The van der Waals surface area contributed by atoms with E-state index in [-0.39, 0.29) is 5.82 Å². The molecule has 3 heterocycles. The Morgan fingerprint density at radius 3 is 2.87 bits per heavy atom. The number of rotatable bonds is 2. The van der Waals surface area contributed by atoms with E-state index < -0.39 is 0 Å². The van der Waals surface area contributed by atoms with E-state index in [1.54, 1.807) is 12.1 Å². The maximum Gasteiger partial charge on any atom is 0.125 e. The zero-order valence-electron chi connectivity index (χ0n) is 13.4. The molecular formula is C19H24FN3. The minimum absolute atomic E-state index is 0.165. The predicted molar refractivity (Wildman–Crippen MR) is 90.2 cm³/mol. The van der Waals surface area contributed by atoms with Crippen molar-refractivity contribution in [1.29, 1.82) is 0 Å². The van der Waals surface area contributed by atoms with E-state index in [1.807, 2.05) is 6.07 Å². The van der Waals surface area contributed by atoms with Crippen molar-refractivity contribution < 1.29 is 4.39 Å². The molecule has 0 amide bonds. The van der Waals surface area contributed by atoms with Crippen LogP contribution in [0.5, 0.6) is 0 Å². The maximum atomic E-state index is 13.5. The molecule has 3 nitrogen and oxygen atoms in total. The summed E-state index contributed by atoms with van der Waals surface area (Å²) in [5.74, 6) is 0.351. The van der Waals surface area contributed by atoms with E-state index in [2.05, 4.69) is 21.4 Å². The van der Waals surface area contributed by atoms with Gasteiger partial charge in [0.1, 0.15) is 5.82 Å². The maximum absolute atomic E-state index is 13.5. The number of fused-ring (bicyclic) bond motifs is 2. The van der Waals surface area contributed by atoms with Gasteiger partial charge >= 0.3 is 0 Å². The molecule has 122 valence electrons. The van der Waals surface area contributed by atoms with E-state index in [9.17, 15) is 4.39 Å². The Hall–Kier alpha value is -1.39. The van der Waals surface area contributed by atoms with Crippen molar-refractivity contribution in [2.24, 2.45) is 0 Å². The number of hydrogen-bond acceptors (Lipinski definition) is 2. The fourth-order valence-corrected chi connectivity index (χ4v) is 5.35. The Kier molecular flexibility index (Phi) is 3.24. The highest BCUT2D eigenvalue weighted by molar-refractivity contribution is 5.84. The highest BCUT2D eigenvalue weighted by Crippen LogP contribution is 2.42. The van der Waals surface area contributed by atoms with Crippen LogP contribution in [-0.2, 0) is 0 Å². The molecule has 3 fully saturated rings. The minimum Gasteiger partial charge on any atom is -0.361 e. The summed E-state index contributed by atoms with van der Waals surface area (Å²) >= 11 is 0. The zero-order chi connectivity index (χ0) is 15.4. The van der Waals surface area contributed by atoms with Crippen LogP contribution in [0.4, 0.5) is 4.39 Å². The van der Waals surface area contributed by atoms with Gasteiger partial charge in [-0.25, -0.2) is 4.39 Å². The second-order valence-electron chi connectivity index (χ2n) is 7.51. The smallest absolute Gasteiger partial charge is 0.125 e. The third-order valence-electron chi connectivity index (χ3n) is 6.37. The highest BCUT2D eigenvalue weighted by Gasteiger charge is 2.47. The molecule has 1 aliphatic carbocycles. The van der Waals surface area contributed by atoms with Gasteiger partial charge in [0.25, 0.3) is 0 Å². The summed E-state index contributed by atoms with van der Waals surface area (Å²) in [6.07, 6.45) is 8.91. The second-order valence-corrected chi connectivity index (χ2v) is 7.51. The average Bonchev–Trinajstić information content (AvgIpc) is 3.30. The van der Waals surface area contributed by atoms with E-state index in [4.69, 9.17) is 0 Å². The molecule has 2 aromatic rings. The van der Waals surface area contributed by atoms with Gasteiger partial charge in [-0.1, -0.05) is 12.8 Å². The van der Waals surface area contributed by atoms with Crippen LogP contribution in [0.15, 0.2) is 24.4 Å². The van der Waals surface area contributed by atoms with Crippen molar-refractivity contribution in [2.75, 3.05) is 13.1 Å². The molecule has 4 heteroatoms. The molecule has 3 atom stereocenters. The number of benzene rings is 1. The molecule has 0 radical (unpaired) electrons. The fourth-order valence-electron chi connectivity index (χ4n) is 5.35. The van der Waals surface area contributed by atoms with Crippen LogP contribution in [0, 0.1) is 5.82 Å². The van der Waals surface area contributed by atoms with Crippen LogP contribution in [-0.4, -0.2) is 41.1 Å². The number of likely N-dealkylation sites (tertiary alicyclic amines) is 1. The van der Waals surface area contributed by atoms with Gasteiger partial charge in [-0.05, 0) is 49.6 Å². The average molecular weight is 313 g/mol. The van der Waals surface area contributed by atoms with E-state index in [0.29, 0.717) is 18.0 Å². The summed E-state index contributed by atoms with van der Waals surface area (Å²) in [6.45, 7) is 2.28. The van der Waals surface area contributed by atoms with E-state index in [1.165, 1.54) is 43.1 Å². The van der Waals surface area contributed by atoms with Crippen molar-refractivity contribution in [3.63, 3.8) is 0 Å². The number of H-pyrrole nitrogens is 1.